The van der Waals surface area contributed by atoms with Gasteiger partial charge in [0.1, 0.15) is 6.10 Å². The molecule has 2 aliphatic rings. The summed E-state index contributed by atoms with van der Waals surface area (Å²) in [7, 11) is 3.42. The van der Waals surface area contributed by atoms with E-state index in [1.165, 1.54) is 0 Å². The highest BCUT2D eigenvalue weighted by atomic mass is 16.5. The van der Waals surface area contributed by atoms with Gasteiger partial charge in [-0.2, -0.15) is 4.98 Å². The second-order valence-corrected chi connectivity index (χ2v) is 8.60. The van der Waals surface area contributed by atoms with E-state index >= 15 is 0 Å². The van der Waals surface area contributed by atoms with E-state index in [9.17, 15) is 4.79 Å². The molecule has 34 heavy (non-hydrogen) atoms. The van der Waals surface area contributed by atoms with Crippen molar-refractivity contribution in [1.82, 2.24) is 30.2 Å². The molecule has 2 amide bonds. The summed E-state index contributed by atoms with van der Waals surface area (Å²) in [6.07, 6.45) is 4.67. The molecule has 0 radical (unpaired) electrons. The van der Waals surface area contributed by atoms with Crippen LogP contribution in [0.15, 0.2) is 18.5 Å². The Balaban J connectivity index is 1.43. The lowest BCUT2D eigenvalue weighted by atomic mass is 9.88. The minimum Gasteiger partial charge on any atom is -0.474 e. The topological polar surface area (TPSA) is 141 Å². The number of nitrogens with zero attached hydrogens (tertiary/aromatic N) is 6. The first kappa shape index (κ1) is 23.9. The van der Waals surface area contributed by atoms with Gasteiger partial charge in [-0.05, 0) is 6.92 Å². The number of methoxy groups -OCH3 is 1. The lowest BCUT2D eigenvalue weighted by Gasteiger charge is -2.41. The van der Waals surface area contributed by atoms with Crippen molar-refractivity contribution in [3.8, 4) is 17.1 Å². The number of nitrogen functional groups attached to an aromatic ring is 1. The Labute approximate surface area is 198 Å². The van der Waals surface area contributed by atoms with Crippen LogP contribution in [0.25, 0.3) is 11.3 Å². The van der Waals surface area contributed by atoms with Gasteiger partial charge in [0.05, 0.1) is 31.6 Å². The largest absolute Gasteiger partial charge is 0.474 e. The fraction of sp³-hybridized carbons (Fsp3) is 0.591. The van der Waals surface area contributed by atoms with Crippen LogP contribution >= 0.6 is 0 Å². The number of morpholine rings is 1. The Morgan fingerprint density at radius 3 is 2.68 bits per heavy atom. The van der Waals surface area contributed by atoms with Crippen LogP contribution in [0.5, 0.6) is 5.88 Å². The molecular formula is C22H32N8O4. The number of aromatic nitrogens is 4. The highest BCUT2D eigenvalue weighted by molar-refractivity contribution is 5.74. The molecule has 2 aromatic heterocycles. The van der Waals surface area contributed by atoms with Gasteiger partial charge >= 0.3 is 6.03 Å². The normalized spacial score (nSPS) is 20.9. The monoisotopic (exact) mass is 472 g/mol. The maximum Gasteiger partial charge on any atom is 0.317 e. The van der Waals surface area contributed by atoms with Gasteiger partial charge in [-0.25, -0.2) is 19.7 Å². The zero-order chi connectivity index (χ0) is 24.1. The maximum atomic E-state index is 12.4. The van der Waals surface area contributed by atoms with Crippen molar-refractivity contribution < 1.29 is 19.0 Å². The Bertz CT molecular complexity index is 964. The van der Waals surface area contributed by atoms with Crippen LogP contribution in [0, 0.1) is 0 Å². The summed E-state index contributed by atoms with van der Waals surface area (Å²) >= 11 is 0. The molecule has 1 saturated heterocycles. The Kier molecular flexibility index (Phi) is 7.58. The molecule has 3 N–H and O–H groups in total. The van der Waals surface area contributed by atoms with Gasteiger partial charge in [0.2, 0.25) is 17.8 Å². The highest BCUT2D eigenvalue weighted by Gasteiger charge is 2.36. The molecule has 184 valence electrons. The summed E-state index contributed by atoms with van der Waals surface area (Å²) < 4.78 is 16.7. The molecule has 12 nitrogen and oxygen atoms in total. The molecule has 12 heteroatoms. The van der Waals surface area contributed by atoms with Gasteiger partial charge in [0, 0.05) is 70.2 Å². The average molecular weight is 473 g/mol. The third kappa shape index (κ3) is 5.81. The molecule has 3 heterocycles. The van der Waals surface area contributed by atoms with Crippen LogP contribution in [0.1, 0.15) is 19.8 Å². The first-order valence-electron chi connectivity index (χ1n) is 11.4. The quantitative estimate of drug-likeness (QED) is 0.570. The first-order chi connectivity index (χ1) is 16.4. The van der Waals surface area contributed by atoms with E-state index in [-0.39, 0.29) is 30.2 Å². The van der Waals surface area contributed by atoms with Crippen LogP contribution < -0.4 is 20.7 Å². The second-order valence-electron chi connectivity index (χ2n) is 8.60. The van der Waals surface area contributed by atoms with Gasteiger partial charge in [0.25, 0.3) is 0 Å². The van der Waals surface area contributed by atoms with Gasteiger partial charge < -0.3 is 35.1 Å². The van der Waals surface area contributed by atoms with Crippen molar-refractivity contribution in [2.45, 2.75) is 38.0 Å². The summed E-state index contributed by atoms with van der Waals surface area (Å²) in [6, 6.07) is 1.72. The number of hydrogen-bond acceptors (Lipinski definition) is 10. The van der Waals surface area contributed by atoms with E-state index in [1.54, 1.807) is 37.5 Å². The van der Waals surface area contributed by atoms with Crippen LogP contribution in [-0.4, -0.2) is 96.1 Å². The number of urea groups is 1. The van der Waals surface area contributed by atoms with Gasteiger partial charge in [-0.15, -0.1) is 0 Å². The number of rotatable bonds is 8. The van der Waals surface area contributed by atoms with Crippen molar-refractivity contribution in [2.24, 2.45) is 0 Å². The number of nitrogens with one attached hydrogen (secondary N) is 1. The lowest BCUT2D eigenvalue weighted by Crippen LogP contribution is -2.54. The van der Waals surface area contributed by atoms with Crippen LogP contribution in [0.2, 0.25) is 0 Å². The van der Waals surface area contributed by atoms with Crippen LogP contribution in [-0.2, 0) is 9.47 Å². The van der Waals surface area contributed by atoms with E-state index in [4.69, 9.17) is 24.9 Å². The van der Waals surface area contributed by atoms with Gasteiger partial charge in [-0.3, -0.25) is 0 Å². The summed E-state index contributed by atoms with van der Waals surface area (Å²) in [6.45, 7) is 5.03. The molecule has 1 atom stereocenters. The Hall–Kier alpha value is -3.25. The zero-order valence-corrected chi connectivity index (χ0v) is 19.8. The standard InChI is InChI=1S/C22H32N8O4/c1-14(13-32-3)26-22(31)29(2)16-8-17(9-16)34-19-10-18(15-11-24-20(23)25-12-15)27-21(28-19)30-4-6-33-7-5-30/h10-12,14,16-17H,4-9,13H2,1-3H3,(H,26,31)(H2,23,24,25)/t14-,16-,17-/m0/s1. The van der Waals surface area contributed by atoms with Gasteiger partial charge in [0.15, 0.2) is 0 Å². The smallest absolute Gasteiger partial charge is 0.317 e. The SMILES string of the molecule is COC[C@H](C)NC(=O)N(C)[C@H]1C[C@H](Oc2cc(-c3cnc(N)nc3)nc(N3CCOCC3)n2)C1. The Morgan fingerprint density at radius 1 is 1.29 bits per heavy atom. The molecule has 0 unspecified atom stereocenters. The van der Waals surface area contributed by atoms with Crippen molar-refractivity contribution in [3.05, 3.63) is 18.5 Å². The third-order valence-electron chi connectivity index (χ3n) is 5.96. The molecule has 0 bridgehead atoms. The number of carbonyl (C=O) groups is 1. The molecule has 1 aliphatic heterocycles. The fourth-order valence-corrected chi connectivity index (χ4v) is 3.89. The van der Waals surface area contributed by atoms with Crippen molar-refractivity contribution in [1.29, 1.82) is 0 Å². The number of ether oxygens (including phenoxy) is 3. The van der Waals surface area contributed by atoms with E-state index in [0.717, 1.165) is 18.4 Å². The van der Waals surface area contributed by atoms with E-state index in [2.05, 4.69) is 25.2 Å². The number of carbonyl (C=O) groups excluding carboxylic acids is 1. The molecule has 0 aromatic carbocycles. The molecule has 1 saturated carbocycles. The van der Waals surface area contributed by atoms with Crippen LogP contribution in [0.4, 0.5) is 16.7 Å². The summed E-state index contributed by atoms with van der Waals surface area (Å²) in [5.41, 5.74) is 7.02. The van der Waals surface area contributed by atoms with Crippen molar-refractivity contribution in [3.63, 3.8) is 0 Å². The highest BCUT2D eigenvalue weighted by Crippen LogP contribution is 2.31. The molecule has 1 aliphatic carbocycles. The average Bonchev–Trinajstić information content (AvgIpc) is 2.81. The Morgan fingerprint density at radius 2 is 2.00 bits per heavy atom. The summed E-state index contributed by atoms with van der Waals surface area (Å²) in [5.74, 6) is 1.26. The summed E-state index contributed by atoms with van der Waals surface area (Å²) in [5, 5.41) is 2.93. The van der Waals surface area contributed by atoms with Crippen LogP contribution in [0.3, 0.4) is 0 Å². The predicted molar refractivity (Wildman–Crippen MR) is 126 cm³/mol. The molecular weight excluding hydrogens is 440 g/mol. The molecule has 2 fully saturated rings. The number of amides is 2. The zero-order valence-electron chi connectivity index (χ0n) is 19.8. The molecule has 2 aromatic rings. The van der Waals surface area contributed by atoms with Crippen molar-refractivity contribution >= 4 is 17.9 Å². The van der Waals surface area contributed by atoms with E-state index < -0.39 is 0 Å². The second kappa shape index (κ2) is 10.8. The van der Waals surface area contributed by atoms with Crippen molar-refractivity contribution in [2.75, 3.05) is 57.7 Å². The first-order valence-corrected chi connectivity index (χ1v) is 11.4. The number of hydrogen-bond donors (Lipinski definition) is 2. The minimum atomic E-state index is -0.115. The summed E-state index contributed by atoms with van der Waals surface area (Å²) in [4.78, 5) is 33.7. The lowest BCUT2D eigenvalue weighted by molar-refractivity contribution is 0.0394. The number of anilines is 2. The maximum absolute atomic E-state index is 12.4. The van der Waals surface area contributed by atoms with E-state index in [0.29, 0.717) is 50.4 Å². The molecule has 0 spiro atoms. The third-order valence-corrected chi connectivity index (χ3v) is 5.96. The minimum absolute atomic E-state index is 0.0420. The van der Waals surface area contributed by atoms with Gasteiger partial charge in [-0.1, -0.05) is 0 Å². The van der Waals surface area contributed by atoms with E-state index in [1.807, 2.05) is 6.92 Å². The fourth-order valence-electron chi connectivity index (χ4n) is 3.89. The number of nitrogens with two attached hydrogens (primary N) is 1. The molecule has 4 rings (SSSR count). The predicted octanol–water partition coefficient (Wildman–Crippen LogP) is 0.939.